The number of fused-ring (bicyclic) bond motifs is 2. The fourth-order valence-corrected chi connectivity index (χ4v) is 6.71. The molecule has 24 heavy (non-hydrogen) atoms. The number of rotatable bonds is 0. The van der Waals surface area contributed by atoms with Crippen LogP contribution < -0.4 is 24.8 Å². The minimum atomic E-state index is 0. The van der Waals surface area contributed by atoms with Gasteiger partial charge in [-0.05, 0) is 11.8 Å². The van der Waals surface area contributed by atoms with E-state index in [0.29, 0.717) is 5.43 Å². The summed E-state index contributed by atoms with van der Waals surface area (Å²) in [5.41, 5.74) is 0.460. The van der Waals surface area contributed by atoms with Crippen molar-refractivity contribution in [1.29, 1.82) is 0 Å². The van der Waals surface area contributed by atoms with Crippen molar-refractivity contribution >= 4 is 5.43 Å². The molecule has 4 aliphatic carbocycles. The standard InChI is InChI=1S/2C9H11.C2H4Si.2ClH.Zr/c2*1-2-5-9-7-3-6-8(9)4-1;1-2-3-1;;;/h2*1-2,4-6,8-9H,3,7H2;1-2H2;2*1H;/q2*-1;;;;+2/p-2. The van der Waals surface area contributed by atoms with Crippen LogP contribution in [0.2, 0.25) is 12.1 Å². The molecule has 4 atom stereocenters. The predicted molar refractivity (Wildman–Crippen MR) is 93.0 cm³/mol. The van der Waals surface area contributed by atoms with Gasteiger partial charge in [-0.25, -0.2) is 0 Å². The van der Waals surface area contributed by atoms with Crippen LogP contribution in [0.4, 0.5) is 0 Å². The molecule has 0 aromatic heterocycles. The van der Waals surface area contributed by atoms with Crippen LogP contribution in [0.15, 0.2) is 48.6 Å². The monoisotopic (exact) mass is 454 g/mol. The molecular weight excluding hydrogens is 430 g/mol. The second-order valence-electron chi connectivity index (χ2n) is 6.75. The molecule has 130 valence electrons. The van der Waals surface area contributed by atoms with Crippen LogP contribution in [0, 0.1) is 36.5 Å². The zero-order chi connectivity index (χ0) is 15.2. The molecule has 0 aromatic rings. The molecule has 5 rings (SSSR count). The van der Waals surface area contributed by atoms with Gasteiger partial charge in [0.2, 0.25) is 0 Å². The quantitative estimate of drug-likeness (QED) is 0.332. The first-order valence-electron chi connectivity index (χ1n) is 8.76. The first kappa shape index (κ1) is 22.7. The van der Waals surface area contributed by atoms with Gasteiger partial charge in [0, 0.05) is 0 Å². The SMILES string of the molecule is C1=CC2[CH-]CCC2C=C1.C1=CC2[CH-]CCC2C=C1.[Cl-].[Cl-].[Zr+2]=[Si]1CC1. The van der Waals surface area contributed by atoms with E-state index in [1.54, 1.807) is 12.1 Å². The molecule has 0 nitrogen and oxygen atoms in total. The van der Waals surface area contributed by atoms with Crippen molar-refractivity contribution in [3.8, 4) is 0 Å². The molecule has 5 aliphatic rings. The Bertz CT molecular complexity index is 430. The van der Waals surface area contributed by atoms with Gasteiger partial charge >= 0.3 is 40.9 Å². The molecule has 2 saturated carbocycles. The summed E-state index contributed by atoms with van der Waals surface area (Å²) in [5.74, 6) is 3.23. The first-order valence-corrected chi connectivity index (χ1v) is 14.4. The molecule has 1 heterocycles. The molecule has 0 aromatic carbocycles. The Labute approximate surface area is 175 Å². The summed E-state index contributed by atoms with van der Waals surface area (Å²) in [6.45, 7) is 0. The number of hydrogen-bond acceptors (Lipinski definition) is 0. The summed E-state index contributed by atoms with van der Waals surface area (Å²) in [5, 5.41) is 0. The summed E-state index contributed by atoms with van der Waals surface area (Å²) < 4.78 is 0. The van der Waals surface area contributed by atoms with Crippen LogP contribution in [-0.4, -0.2) is 5.43 Å². The van der Waals surface area contributed by atoms with Crippen molar-refractivity contribution in [3.05, 3.63) is 61.4 Å². The van der Waals surface area contributed by atoms with E-state index in [1.807, 2.05) is 23.3 Å². The van der Waals surface area contributed by atoms with E-state index in [-0.39, 0.29) is 24.8 Å². The third kappa shape index (κ3) is 7.48. The Morgan fingerprint density at radius 1 is 0.708 bits per heavy atom. The normalized spacial score (nSPS) is 33.0. The van der Waals surface area contributed by atoms with Gasteiger partial charge in [0.25, 0.3) is 0 Å². The third-order valence-electron chi connectivity index (χ3n) is 4.97. The van der Waals surface area contributed by atoms with Gasteiger partial charge in [0.05, 0.1) is 0 Å². The number of hydrogen-bond donors (Lipinski definition) is 0. The Balaban J connectivity index is 0.000000184. The van der Waals surface area contributed by atoms with Crippen molar-refractivity contribution in [2.45, 2.75) is 37.8 Å². The summed E-state index contributed by atoms with van der Waals surface area (Å²) in [7, 11) is 0. The van der Waals surface area contributed by atoms with Gasteiger partial charge in [-0.2, -0.15) is 12.8 Å². The van der Waals surface area contributed by atoms with Gasteiger partial charge in [-0.1, -0.05) is 49.3 Å². The van der Waals surface area contributed by atoms with E-state index < -0.39 is 0 Å². The molecule has 1 aliphatic heterocycles. The van der Waals surface area contributed by atoms with Crippen LogP contribution in [0.1, 0.15) is 25.7 Å². The molecular formula is C20H26Cl2SiZr-2. The molecule has 0 bridgehead atoms. The van der Waals surface area contributed by atoms with Crippen molar-refractivity contribution < 1.29 is 48.1 Å². The van der Waals surface area contributed by atoms with Crippen LogP contribution >= 0.6 is 0 Å². The predicted octanol–water partition coefficient (Wildman–Crippen LogP) is -0.768. The van der Waals surface area contributed by atoms with Crippen molar-refractivity contribution in [2.75, 3.05) is 0 Å². The first-order chi connectivity index (χ1) is 10.8. The van der Waals surface area contributed by atoms with Crippen LogP contribution in [0.3, 0.4) is 0 Å². The third-order valence-corrected chi connectivity index (χ3v) is 9.66. The van der Waals surface area contributed by atoms with Crippen molar-refractivity contribution in [2.24, 2.45) is 23.7 Å². The molecule has 0 N–H and O–H groups in total. The van der Waals surface area contributed by atoms with Gasteiger partial charge in [-0.3, -0.25) is 0 Å². The summed E-state index contributed by atoms with van der Waals surface area (Å²) in [6.07, 6.45) is 28.1. The zero-order valence-electron chi connectivity index (χ0n) is 14.1. The Morgan fingerprint density at radius 3 is 1.42 bits per heavy atom. The van der Waals surface area contributed by atoms with E-state index in [4.69, 9.17) is 0 Å². The van der Waals surface area contributed by atoms with Gasteiger partial charge < -0.3 is 37.7 Å². The fraction of sp³-hybridized carbons (Fsp3) is 0.500. The summed E-state index contributed by atoms with van der Waals surface area (Å²) >= 11 is 1.85. The van der Waals surface area contributed by atoms with E-state index in [1.165, 1.54) is 25.7 Å². The molecule has 0 radical (unpaired) electrons. The average molecular weight is 457 g/mol. The van der Waals surface area contributed by atoms with Crippen molar-refractivity contribution in [1.82, 2.24) is 0 Å². The Kier molecular flexibility index (Phi) is 11.4. The fourth-order valence-electron chi connectivity index (χ4n) is 3.45. The van der Waals surface area contributed by atoms with E-state index in [0.717, 1.165) is 23.7 Å². The van der Waals surface area contributed by atoms with E-state index in [9.17, 15) is 0 Å². The zero-order valence-corrected chi connectivity index (χ0v) is 19.1. The molecule has 1 saturated heterocycles. The van der Waals surface area contributed by atoms with Crippen LogP contribution in [0.25, 0.3) is 0 Å². The second-order valence-corrected chi connectivity index (χ2v) is 14.2. The number of halogens is 2. The molecule has 3 fully saturated rings. The van der Waals surface area contributed by atoms with Gasteiger partial charge in [0.1, 0.15) is 0 Å². The molecule has 4 unspecified atom stereocenters. The molecule has 0 amide bonds. The van der Waals surface area contributed by atoms with E-state index >= 15 is 0 Å². The Hall–Kier alpha value is 0.640. The minimum absolute atomic E-state index is 0. The second kappa shape index (κ2) is 12.1. The molecule has 0 spiro atoms. The summed E-state index contributed by atoms with van der Waals surface area (Å²) in [4.78, 5) is 0. The molecule has 4 heteroatoms. The van der Waals surface area contributed by atoms with Gasteiger partial charge in [-0.15, -0.1) is 24.0 Å². The van der Waals surface area contributed by atoms with Crippen molar-refractivity contribution in [3.63, 3.8) is 0 Å². The van der Waals surface area contributed by atoms with Crippen LogP contribution in [-0.2, 0) is 23.3 Å². The maximum absolute atomic E-state index is 2.42. The van der Waals surface area contributed by atoms with Gasteiger partial charge in [0.15, 0.2) is 0 Å². The average Bonchev–Trinajstić information content (AvgIpc) is 3.07. The van der Waals surface area contributed by atoms with Crippen LogP contribution in [0.5, 0.6) is 0 Å². The maximum atomic E-state index is 2.42. The Morgan fingerprint density at radius 2 is 1.08 bits per heavy atom. The summed E-state index contributed by atoms with van der Waals surface area (Å²) in [6, 6.07) is 3.26. The topological polar surface area (TPSA) is 0 Å². The van der Waals surface area contributed by atoms with E-state index in [2.05, 4.69) is 61.4 Å². The number of allylic oxidation sites excluding steroid dienone is 8.